The van der Waals surface area contributed by atoms with Crippen molar-refractivity contribution in [2.75, 3.05) is 13.2 Å². The van der Waals surface area contributed by atoms with E-state index in [9.17, 15) is 9.90 Å². The molecule has 2 rings (SSSR count). The number of nitrogens with one attached hydrogen (secondary N) is 1. The first-order chi connectivity index (χ1) is 10.6. The van der Waals surface area contributed by atoms with Gasteiger partial charge in [-0.3, -0.25) is 4.79 Å². The summed E-state index contributed by atoms with van der Waals surface area (Å²) in [6, 6.07) is 11.4. The number of aliphatic hydroxyl groups is 1. The Hall–Kier alpha value is -1.85. The molecule has 4 nitrogen and oxygen atoms in total. The Balaban J connectivity index is 1.73. The van der Waals surface area contributed by atoms with Crippen LogP contribution in [0.1, 0.15) is 36.3 Å². The van der Waals surface area contributed by atoms with Gasteiger partial charge in [0.15, 0.2) is 6.61 Å². The molecular weight excluding hydrogens is 298 g/mol. The molecule has 0 radical (unpaired) electrons. The van der Waals surface area contributed by atoms with Crippen LogP contribution in [0.25, 0.3) is 0 Å². The van der Waals surface area contributed by atoms with E-state index in [0.717, 1.165) is 4.88 Å². The molecule has 0 spiro atoms. The number of hydrogen-bond donors (Lipinski definition) is 2. The molecule has 22 heavy (non-hydrogen) atoms. The van der Waals surface area contributed by atoms with Crippen LogP contribution in [-0.4, -0.2) is 24.2 Å². The van der Waals surface area contributed by atoms with Gasteiger partial charge in [0.25, 0.3) is 5.91 Å². The molecular formula is C17H21NO3S. The van der Waals surface area contributed by atoms with Gasteiger partial charge >= 0.3 is 0 Å². The van der Waals surface area contributed by atoms with Crippen LogP contribution in [0.2, 0.25) is 0 Å². The topological polar surface area (TPSA) is 58.6 Å². The molecule has 0 saturated carbocycles. The highest BCUT2D eigenvalue weighted by Crippen LogP contribution is 2.19. The van der Waals surface area contributed by atoms with Gasteiger partial charge in [-0.25, -0.2) is 0 Å². The molecule has 118 valence electrons. The first-order valence-corrected chi connectivity index (χ1v) is 8.15. The van der Waals surface area contributed by atoms with E-state index in [1.807, 2.05) is 41.8 Å². The van der Waals surface area contributed by atoms with Crippen LogP contribution in [0, 0.1) is 0 Å². The summed E-state index contributed by atoms with van der Waals surface area (Å²) >= 11 is 1.46. The predicted octanol–water partition coefficient (Wildman–Crippen LogP) is 3.10. The van der Waals surface area contributed by atoms with Crippen LogP contribution in [0.4, 0.5) is 0 Å². The molecule has 0 unspecified atom stereocenters. The van der Waals surface area contributed by atoms with Gasteiger partial charge in [0, 0.05) is 11.4 Å². The maximum atomic E-state index is 11.7. The molecule has 5 heteroatoms. The maximum absolute atomic E-state index is 11.7. The summed E-state index contributed by atoms with van der Waals surface area (Å²) in [5.74, 6) is 0.887. The number of carbonyl (C=O) groups excluding carboxylic acids is 1. The fourth-order valence-corrected chi connectivity index (χ4v) is 2.65. The fourth-order valence-electron chi connectivity index (χ4n) is 1.94. The average molecular weight is 319 g/mol. The van der Waals surface area contributed by atoms with Crippen molar-refractivity contribution in [3.63, 3.8) is 0 Å². The van der Waals surface area contributed by atoms with E-state index in [-0.39, 0.29) is 19.1 Å². The molecule has 1 aromatic carbocycles. The quantitative estimate of drug-likeness (QED) is 0.824. The van der Waals surface area contributed by atoms with E-state index in [1.54, 1.807) is 0 Å². The lowest BCUT2D eigenvalue weighted by molar-refractivity contribution is -0.123. The summed E-state index contributed by atoms with van der Waals surface area (Å²) in [7, 11) is 0. The van der Waals surface area contributed by atoms with Crippen LogP contribution >= 0.6 is 11.3 Å². The molecule has 1 atom stereocenters. The summed E-state index contributed by atoms with van der Waals surface area (Å²) in [5, 5.41) is 14.4. The minimum atomic E-state index is -0.672. The van der Waals surface area contributed by atoms with Crippen molar-refractivity contribution in [1.29, 1.82) is 0 Å². The smallest absolute Gasteiger partial charge is 0.258 e. The molecule has 0 bridgehead atoms. The number of ether oxygens (including phenoxy) is 1. The summed E-state index contributed by atoms with van der Waals surface area (Å²) in [5.41, 5.74) is 1.23. The number of benzene rings is 1. The molecule has 1 amide bonds. The second kappa shape index (κ2) is 7.96. The van der Waals surface area contributed by atoms with Crippen molar-refractivity contribution in [2.24, 2.45) is 0 Å². The Labute approximate surface area is 134 Å². The maximum Gasteiger partial charge on any atom is 0.258 e. The summed E-state index contributed by atoms with van der Waals surface area (Å²) in [6.07, 6.45) is -0.672. The molecule has 0 aliphatic heterocycles. The van der Waals surface area contributed by atoms with E-state index >= 15 is 0 Å². The van der Waals surface area contributed by atoms with Crippen LogP contribution < -0.4 is 10.1 Å². The zero-order valence-electron chi connectivity index (χ0n) is 12.8. The van der Waals surface area contributed by atoms with Crippen molar-refractivity contribution in [2.45, 2.75) is 25.9 Å². The van der Waals surface area contributed by atoms with Gasteiger partial charge in [0.1, 0.15) is 11.9 Å². The van der Waals surface area contributed by atoms with Crippen LogP contribution in [0.3, 0.4) is 0 Å². The lowest BCUT2D eigenvalue weighted by Gasteiger charge is -2.11. The number of thiophene rings is 1. The van der Waals surface area contributed by atoms with Gasteiger partial charge in [-0.2, -0.15) is 0 Å². The number of amides is 1. The Morgan fingerprint density at radius 1 is 1.27 bits per heavy atom. The normalized spacial score (nSPS) is 12.2. The lowest BCUT2D eigenvalue weighted by Crippen LogP contribution is -2.32. The van der Waals surface area contributed by atoms with Gasteiger partial charge in [-0.15, -0.1) is 11.3 Å². The van der Waals surface area contributed by atoms with Crippen molar-refractivity contribution in [3.05, 3.63) is 52.2 Å². The molecule has 1 heterocycles. The van der Waals surface area contributed by atoms with Crippen LogP contribution in [-0.2, 0) is 4.79 Å². The van der Waals surface area contributed by atoms with Gasteiger partial charge < -0.3 is 15.2 Å². The summed E-state index contributed by atoms with van der Waals surface area (Å²) < 4.78 is 5.43. The van der Waals surface area contributed by atoms with Gasteiger partial charge in [0.2, 0.25) is 0 Å². The van der Waals surface area contributed by atoms with Crippen LogP contribution in [0.15, 0.2) is 41.8 Å². The largest absolute Gasteiger partial charge is 0.484 e. The number of rotatable bonds is 7. The summed E-state index contributed by atoms with van der Waals surface area (Å²) in [6.45, 7) is 4.39. The lowest BCUT2D eigenvalue weighted by atomic mass is 10.0. The molecule has 2 N–H and O–H groups in total. The minimum Gasteiger partial charge on any atom is -0.484 e. The van der Waals surface area contributed by atoms with Gasteiger partial charge in [0.05, 0.1) is 0 Å². The predicted molar refractivity (Wildman–Crippen MR) is 88.3 cm³/mol. The Morgan fingerprint density at radius 3 is 2.59 bits per heavy atom. The number of carbonyl (C=O) groups is 1. The number of aliphatic hydroxyl groups excluding tert-OH is 1. The Morgan fingerprint density at radius 2 is 2.00 bits per heavy atom. The number of hydrogen-bond acceptors (Lipinski definition) is 4. The second-order valence-electron chi connectivity index (χ2n) is 5.35. The standard InChI is InChI=1S/C17H21NO3S/c1-12(2)13-5-7-14(8-6-13)21-11-17(20)18-10-15(19)16-4-3-9-22-16/h3-9,12,15,19H,10-11H2,1-2H3,(H,18,20)/t15-/m1/s1. The van der Waals surface area contributed by atoms with E-state index in [2.05, 4.69) is 19.2 Å². The van der Waals surface area contributed by atoms with Crippen LogP contribution in [0.5, 0.6) is 5.75 Å². The van der Waals surface area contributed by atoms with E-state index in [4.69, 9.17) is 4.74 Å². The molecule has 2 aromatic rings. The zero-order chi connectivity index (χ0) is 15.9. The molecule has 0 aliphatic rings. The Kier molecular flexibility index (Phi) is 5.98. The zero-order valence-corrected chi connectivity index (χ0v) is 13.6. The third-order valence-corrected chi connectivity index (χ3v) is 4.25. The van der Waals surface area contributed by atoms with Crippen molar-refractivity contribution >= 4 is 17.2 Å². The molecule has 0 saturated heterocycles. The third-order valence-electron chi connectivity index (χ3n) is 3.28. The van der Waals surface area contributed by atoms with Gasteiger partial charge in [-0.1, -0.05) is 32.0 Å². The van der Waals surface area contributed by atoms with E-state index < -0.39 is 6.10 Å². The minimum absolute atomic E-state index is 0.0574. The molecule has 0 aliphatic carbocycles. The van der Waals surface area contributed by atoms with E-state index in [1.165, 1.54) is 16.9 Å². The summed E-state index contributed by atoms with van der Waals surface area (Å²) in [4.78, 5) is 12.6. The third kappa shape index (κ3) is 4.86. The van der Waals surface area contributed by atoms with E-state index in [0.29, 0.717) is 11.7 Å². The average Bonchev–Trinajstić information content (AvgIpc) is 3.05. The first-order valence-electron chi connectivity index (χ1n) is 7.27. The monoisotopic (exact) mass is 319 g/mol. The molecule has 0 fully saturated rings. The Bertz CT molecular complexity index is 578. The fraction of sp³-hybridized carbons (Fsp3) is 0.353. The first kappa shape index (κ1) is 16.5. The highest BCUT2D eigenvalue weighted by Gasteiger charge is 2.10. The second-order valence-corrected chi connectivity index (χ2v) is 6.33. The van der Waals surface area contributed by atoms with Gasteiger partial charge in [-0.05, 0) is 35.1 Å². The SMILES string of the molecule is CC(C)c1ccc(OCC(=O)NC[C@@H](O)c2cccs2)cc1. The highest BCUT2D eigenvalue weighted by atomic mass is 32.1. The highest BCUT2D eigenvalue weighted by molar-refractivity contribution is 7.10. The van der Waals surface area contributed by atoms with Crippen molar-refractivity contribution in [3.8, 4) is 5.75 Å². The molecule has 1 aromatic heterocycles. The van der Waals surface area contributed by atoms with Crippen molar-refractivity contribution in [1.82, 2.24) is 5.32 Å². The van der Waals surface area contributed by atoms with Crippen molar-refractivity contribution < 1.29 is 14.6 Å².